The van der Waals surface area contributed by atoms with Crippen molar-refractivity contribution in [3.63, 3.8) is 0 Å². The summed E-state index contributed by atoms with van der Waals surface area (Å²) in [6.07, 6.45) is 0. The second-order valence-electron chi connectivity index (χ2n) is 0.640. The van der Waals surface area contributed by atoms with Gasteiger partial charge in [-0.3, -0.25) is 0 Å². The van der Waals surface area contributed by atoms with Crippen molar-refractivity contribution in [2.45, 2.75) is 0 Å². The molecule has 35 valence electrons. The van der Waals surface area contributed by atoms with E-state index in [0.29, 0.717) is 4.55 Å². The summed E-state index contributed by atoms with van der Waals surface area (Å²) < 4.78 is 0.514. The first kappa shape index (κ1) is 6.00. The van der Waals surface area contributed by atoms with Gasteiger partial charge in [-0.15, -0.1) is 0 Å². The summed E-state index contributed by atoms with van der Waals surface area (Å²) in [5, 5.41) is 2.22. The van der Waals surface area contributed by atoms with Crippen molar-refractivity contribution in [1.82, 2.24) is 11.1 Å². The standard InChI is InChI=1S/C2H4IN2O/c3-1-5-2(4)6/h4H,1H2,(H,5,6). The Hall–Kier alpha value is 0. The molecule has 0 aromatic rings. The van der Waals surface area contributed by atoms with Crippen molar-refractivity contribution in [1.29, 1.82) is 0 Å². The molecule has 0 aromatic carbocycles. The van der Waals surface area contributed by atoms with E-state index in [0.717, 1.165) is 0 Å². The number of amides is 2. The van der Waals surface area contributed by atoms with Crippen LogP contribution in [0, 0.1) is 0 Å². The number of carbonyl (C=O) groups excluding carboxylic acids is 1. The van der Waals surface area contributed by atoms with Crippen molar-refractivity contribution in [2.75, 3.05) is 4.55 Å². The number of alkyl halides is 1. The smallest absolute Gasteiger partial charge is 0.328 e. The maximum atomic E-state index is 9.59. The molecule has 0 fully saturated rings. The summed E-state index contributed by atoms with van der Waals surface area (Å²) in [4.78, 5) is 9.59. The van der Waals surface area contributed by atoms with E-state index >= 15 is 0 Å². The number of urea groups is 1. The summed E-state index contributed by atoms with van der Waals surface area (Å²) in [7, 11) is 0. The summed E-state index contributed by atoms with van der Waals surface area (Å²) in [6, 6.07) is -0.718. The molecular weight excluding hydrogens is 195 g/mol. The lowest BCUT2D eigenvalue weighted by atomic mass is 11.0. The molecule has 4 heteroatoms. The van der Waals surface area contributed by atoms with Gasteiger partial charge in [0.15, 0.2) is 0 Å². The van der Waals surface area contributed by atoms with Gasteiger partial charge in [0.25, 0.3) is 0 Å². The number of hydrogen-bond donors (Lipinski definition) is 1. The third-order valence-corrected chi connectivity index (χ3v) is 0.609. The van der Waals surface area contributed by atoms with Crippen LogP contribution in [0.4, 0.5) is 4.79 Å². The molecule has 0 saturated heterocycles. The topological polar surface area (TPSA) is 52.9 Å². The molecule has 6 heavy (non-hydrogen) atoms. The zero-order valence-corrected chi connectivity index (χ0v) is 5.15. The normalized spacial score (nSPS) is 7.50. The summed E-state index contributed by atoms with van der Waals surface area (Å²) in [6.45, 7) is 0. The van der Waals surface area contributed by atoms with Crippen LogP contribution in [0.5, 0.6) is 0 Å². The second-order valence-corrected chi connectivity index (χ2v) is 1.40. The highest BCUT2D eigenvalue weighted by atomic mass is 127. The van der Waals surface area contributed by atoms with Gasteiger partial charge in [0, 0.05) is 0 Å². The summed E-state index contributed by atoms with van der Waals surface area (Å²) in [5.74, 6) is 0. The Bertz CT molecular complexity index is 55.5. The molecule has 2 amide bonds. The lowest BCUT2D eigenvalue weighted by Crippen LogP contribution is -2.19. The molecule has 0 heterocycles. The third-order valence-electron chi connectivity index (χ3n) is 0.227. The van der Waals surface area contributed by atoms with Gasteiger partial charge in [-0.25, -0.2) is 10.5 Å². The van der Waals surface area contributed by atoms with Crippen molar-refractivity contribution in [3.8, 4) is 0 Å². The highest BCUT2D eigenvalue weighted by Crippen LogP contribution is 1.70. The second kappa shape index (κ2) is 3.20. The van der Waals surface area contributed by atoms with Gasteiger partial charge in [0.1, 0.15) is 0 Å². The number of hydrogen-bond acceptors (Lipinski definition) is 1. The van der Waals surface area contributed by atoms with Crippen LogP contribution in [0.3, 0.4) is 0 Å². The summed E-state index contributed by atoms with van der Waals surface area (Å²) in [5.41, 5.74) is 6.22. The predicted molar refractivity (Wildman–Crippen MR) is 30.5 cm³/mol. The van der Waals surface area contributed by atoms with Crippen molar-refractivity contribution >= 4 is 28.6 Å². The lowest BCUT2D eigenvalue weighted by molar-refractivity contribution is 0.249. The fourth-order valence-electron chi connectivity index (χ4n) is 0.0607. The molecule has 3 nitrogen and oxygen atoms in total. The molecule has 0 aromatic heterocycles. The monoisotopic (exact) mass is 199 g/mol. The average Bonchev–Trinajstić information content (AvgIpc) is 1.35. The minimum Gasteiger partial charge on any atom is -0.328 e. The maximum Gasteiger partial charge on any atom is 0.334 e. The Morgan fingerprint density at radius 2 is 2.50 bits per heavy atom. The van der Waals surface area contributed by atoms with Gasteiger partial charge in [-0.1, -0.05) is 22.6 Å². The Morgan fingerprint density at radius 1 is 2.00 bits per heavy atom. The van der Waals surface area contributed by atoms with Crippen LogP contribution >= 0.6 is 22.6 Å². The molecule has 0 aliphatic rings. The highest BCUT2D eigenvalue weighted by Gasteiger charge is 1.82. The zero-order chi connectivity index (χ0) is 4.99. The molecule has 0 saturated carbocycles. The molecule has 0 rings (SSSR count). The molecule has 2 N–H and O–H groups in total. The van der Waals surface area contributed by atoms with E-state index in [9.17, 15) is 4.79 Å². The van der Waals surface area contributed by atoms with Gasteiger partial charge < -0.3 is 5.32 Å². The van der Waals surface area contributed by atoms with Crippen LogP contribution < -0.4 is 11.1 Å². The van der Waals surface area contributed by atoms with Crippen LogP contribution in [0.2, 0.25) is 0 Å². The fourth-order valence-corrected chi connectivity index (χ4v) is 0.407. The van der Waals surface area contributed by atoms with Crippen molar-refractivity contribution in [3.05, 3.63) is 0 Å². The van der Waals surface area contributed by atoms with E-state index in [1.807, 2.05) is 22.6 Å². The van der Waals surface area contributed by atoms with Crippen LogP contribution in [-0.2, 0) is 0 Å². The highest BCUT2D eigenvalue weighted by molar-refractivity contribution is 14.1. The predicted octanol–water partition coefficient (Wildman–Crippen LogP) is 0.371. The Kier molecular flexibility index (Phi) is 3.20. The molecule has 0 aliphatic carbocycles. The molecule has 0 atom stereocenters. The van der Waals surface area contributed by atoms with Gasteiger partial charge >= 0.3 is 6.03 Å². The minimum atomic E-state index is -0.718. The summed E-state index contributed by atoms with van der Waals surface area (Å²) >= 11 is 1.95. The number of rotatable bonds is 1. The van der Waals surface area contributed by atoms with E-state index in [-0.39, 0.29) is 0 Å². The van der Waals surface area contributed by atoms with E-state index in [1.165, 1.54) is 0 Å². The van der Waals surface area contributed by atoms with Gasteiger partial charge in [-0.2, -0.15) is 0 Å². The van der Waals surface area contributed by atoms with Crippen molar-refractivity contribution < 1.29 is 4.79 Å². The largest absolute Gasteiger partial charge is 0.334 e. The molecule has 0 bridgehead atoms. The van der Waals surface area contributed by atoms with Crippen LogP contribution in [0.1, 0.15) is 0 Å². The molecule has 1 radical (unpaired) electrons. The fraction of sp³-hybridized carbons (Fsp3) is 0.500. The van der Waals surface area contributed by atoms with E-state index < -0.39 is 6.03 Å². The van der Waals surface area contributed by atoms with Gasteiger partial charge in [0.2, 0.25) is 0 Å². The number of halogens is 1. The Balaban J connectivity index is 2.83. The SMILES string of the molecule is [NH]C(=O)NCI. The van der Waals surface area contributed by atoms with Crippen LogP contribution in [0.15, 0.2) is 0 Å². The molecule has 0 aliphatic heterocycles. The first-order valence-corrected chi connectivity index (χ1v) is 2.85. The first-order chi connectivity index (χ1) is 2.77. The van der Waals surface area contributed by atoms with E-state index in [4.69, 9.17) is 5.73 Å². The quantitative estimate of drug-likeness (QED) is 0.370. The van der Waals surface area contributed by atoms with Crippen LogP contribution in [0.25, 0.3) is 0 Å². The first-order valence-electron chi connectivity index (χ1n) is 1.32. The van der Waals surface area contributed by atoms with Gasteiger partial charge in [0.05, 0.1) is 4.55 Å². The van der Waals surface area contributed by atoms with E-state index in [2.05, 4.69) is 5.32 Å². The zero-order valence-electron chi connectivity index (χ0n) is 2.99. The van der Waals surface area contributed by atoms with Crippen LogP contribution in [-0.4, -0.2) is 10.6 Å². The lowest BCUT2D eigenvalue weighted by Gasteiger charge is -1.85. The molecular formula is C2H4IN2O. The Morgan fingerprint density at radius 3 is 2.50 bits per heavy atom. The Labute approximate surface area is 49.4 Å². The minimum absolute atomic E-state index is 0.514. The van der Waals surface area contributed by atoms with Gasteiger partial charge in [-0.05, 0) is 0 Å². The maximum absolute atomic E-state index is 9.59. The van der Waals surface area contributed by atoms with Crippen molar-refractivity contribution in [2.24, 2.45) is 0 Å². The molecule has 0 spiro atoms. The third kappa shape index (κ3) is 4.00. The number of carbonyl (C=O) groups is 1. The van der Waals surface area contributed by atoms with E-state index in [1.54, 1.807) is 0 Å². The average molecular weight is 199 g/mol. The molecule has 0 unspecified atom stereocenters. The number of nitrogens with one attached hydrogen (secondary N) is 2.